The molecule has 1 saturated heterocycles. The minimum Gasteiger partial charge on any atom is -0.457 e. The molecule has 4 aromatic rings. The molecule has 37 heavy (non-hydrogen) atoms. The Balaban J connectivity index is 1.26. The van der Waals surface area contributed by atoms with Crippen molar-refractivity contribution < 1.29 is 18.7 Å². The Labute approximate surface area is 222 Å². The number of likely N-dealkylation sites (tertiary alicyclic amines) is 1. The molecule has 0 unspecified atom stereocenters. The first-order valence-corrected chi connectivity index (χ1v) is 13.0. The van der Waals surface area contributed by atoms with Gasteiger partial charge in [0.1, 0.15) is 36.5 Å². The normalized spacial score (nSPS) is 17.2. The van der Waals surface area contributed by atoms with Crippen LogP contribution in [0.1, 0.15) is 16.9 Å². The zero-order valence-electron chi connectivity index (χ0n) is 19.8. The van der Waals surface area contributed by atoms with E-state index in [1.54, 1.807) is 29.2 Å². The topological polar surface area (TPSA) is 77.3 Å². The number of halogens is 2. The van der Waals surface area contributed by atoms with Gasteiger partial charge in [-0.25, -0.2) is 14.1 Å². The maximum Gasteiger partial charge on any atom is 0.244 e. The van der Waals surface area contributed by atoms with E-state index in [1.807, 2.05) is 24.3 Å². The van der Waals surface area contributed by atoms with E-state index in [1.165, 1.54) is 40.8 Å². The summed E-state index contributed by atoms with van der Waals surface area (Å²) in [7, 11) is 0. The number of carbonyl (C=O) groups excluding carboxylic acids is 2. The smallest absolute Gasteiger partial charge is 0.244 e. The molecular weight excluding hydrogens is 515 g/mol. The fraction of sp³-hybridized carbons (Fsp3) is 0.259. The summed E-state index contributed by atoms with van der Waals surface area (Å²) in [5.74, 6) is 0.779. The predicted octanol–water partition coefficient (Wildman–Crippen LogP) is 5.20. The van der Waals surface area contributed by atoms with Gasteiger partial charge in [0.15, 0.2) is 5.78 Å². The van der Waals surface area contributed by atoms with Gasteiger partial charge in [-0.3, -0.25) is 9.59 Å². The number of hydrogen-bond donors (Lipinski definition) is 0. The third-order valence-electron chi connectivity index (χ3n) is 6.31. The van der Waals surface area contributed by atoms with Crippen LogP contribution < -0.4 is 4.74 Å². The summed E-state index contributed by atoms with van der Waals surface area (Å²) in [6, 6.07) is 16.4. The Morgan fingerprint density at radius 3 is 2.43 bits per heavy atom. The SMILES string of the molecule is O=C(Cc1ccc(Oc2ccc(F)cc2)cc1)[C@@H]1C[C@@H](Cc2ccc(Cl)s2)CN1C(=O)Cn1cncn1. The van der Waals surface area contributed by atoms with Gasteiger partial charge in [0.25, 0.3) is 0 Å². The largest absolute Gasteiger partial charge is 0.457 e. The zero-order chi connectivity index (χ0) is 25.8. The highest BCUT2D eigenvalue weighted by Crippen LogP contribution is 2.32. The molecule has 0 aliphatic carbocycles. The molecule has 0 saturated carbocycles. The van der Waals surface area contributed by atoms with E-state index in [0.29, 0.717) is 24.5 Å². The van der Waals surface area contributed by atoms with Gasteiger partial charge in [0.05, 0.1) is 10.4 Å². The molecule has 190 valence electrons. The summed E-state index contributed by atoms with van der Waals surface area (Å²) in [4.78, 5) is 33.3. The number of ketones is 1. The van der Waals surface area contributed by atoms with E-state index in [0.717, 1.165) is 21.2 Å². The number of carbonyl (C=O) groups is 2. The lowest BCUT2D eigenvalue weighted by molar-refractivity contribution is -0.138. The number of benzene rings is 2. The van der Waals surface area contributed by atoms with Crippen LogP contribution in [0, 0.1) is 11.7 Å². The molecule has 1 aliphatic rings. The van der Waals surface area contributed by atoms with Crippen LogP contribution in [-0.2, 0) is 29.0 Å². The molecular formula is C27H24ClFN4O3S. The highest BCUT2D eigenvalue weighted by atomic mass is 35.5. The molecule has 7 nitrogen and oxygen atoms in total. The Kier molecular flexibility index (Phi) is 7.62. The van der Waals surface area contributed by atoms with Gasteiger partial charge in [-0.2, -0.15) is 5.10 Å². The third-order valence-corrected chi connectivity index (χ3v) is 7.57. The second-order valence-corrected chi connectivity index (χ2v) is 10.8. The molecule has 1 fully saturated rings. The average Bonchev–Trinajstić information content (AvgIpc) is 3.64. The van der Waals surface area contributed by atoms with E-state index < -0.39 is 6.04 Å². The van der Waals surface area contributed by atoms with Crippen LogP contribution >= 0.6 is 22.9 Å². The van der Waals surface area contributed by atoms with E-state index >= 15 is 0 Å². The molecule has 10 heteroatoms. The van der Waals surface area contributed by atoms with E-state index in [-0.39, 0.29) is 36.4 Å². The van der Waals surface area contributed by atoms with Crippen molar-refractivity contribution in [1.29, 1.82) is 0 Å². The van der Waals surface area contributed by atoms with Crippen LogP contribution in [-0.4, -0.2) is 43.9 Å². The van der Waals surface area contributed by atoms with Crippen molar-refractivity contribution in [2.24, 2.45) is 5.92 Å². The summed E-state index contributed by atoms with van der Waals surface area (Å²) >= 11 is 7.62. The van der Waals surface area contributed by atoms with Gasteiger partial charge in [0.2, 0.25) is 5.91 Å². The Morgan fingerprint density at radius 1 is 1.05 bits per heavy atom. The van der Waals surface area contributed by atoms with Gasteiger partial charge in [-0.1, -0.05) is 23.7 Å². The van der Waals surface area contributed by atoms with Crippen molar-refractivity contribution in [1.82, 2.24) is 19.7 Å². The predicted molar refractivity (Wildman–Crippen MR) is 138 cm³/mol. The molecule has 2 aromatic carbocycles. The molecule has 1 aliphatic heterocycles. The first-order valence-electron chi connectivity index (χ1n) is 11.8. The number of hydrogen-bond acceptors (Lipinski definition) is 6. The van der Waals surface area contributed by atoms with E-state index in [9.17, 15) is 14.0 Å². The highest BCUT2D eigenvalue weighted by Gasteiger charge is 2.39. The zero-order valence-corrected chi connectivity index (χ0v) is 21.4. The van der Waals surface area contributed by atoms with Crippen molar-refractivity contribution in [3.05, 3.63) is 93.9 Å². The third kappa shape index (κ3) is 6.42. The van der Waals surface area contributed by atoms with Gasteiger partial charge < -0.3 is 9.64 Å². The Hall–Kier alpha value is -3.56. The number of ether oxygens (including phenoxy) is 1. The first-order chi connectivity index (χ1) is 17.9. The molecule has 3 heterocycles. The monoisotopic (exact) mass is 538 g/mol. The number of rotatable bonds is 9. The summed E-state index contributed by atoms with van der Waals surface area (Å²) in [6.45, 7) is 0.542. The average molecular weight is 539 g/mol. The maximum atomic E-state index is 13.4. The van der Waals surface area contributed by atoms with Crippen molar-refractivity contribution in [3.63, 3.8) is 0 Å². The van der Waals surface area contributed by atoms with Crippen LogP contribution in [0.5, 0.6) is 11.5 Å². The number of Topliss-reactive ketones (excluding diaryl/α,β-unsaturated/α-hetero) is 1. The lowest BCUT2D eigenvalue weighted by Crippen LogP contribution is -2.42. The van der Waals surface area contributed by atoms with Crippen LogP contribution in [0.25, 0.3) is 0 Å². The van der Waals surface area contributed by atoms with Gasteiger partial charge in [-0.05, 0) is 72.9 Å². The minimum absolute atomic E-state index is 0.00847. The Morgan fingerprint density at radius 2 is 1.78 bits per heavy atom. The molecule has 0 N–H and O–H groups in total. The summed E-state index contributed by atoms with van der Waals surface area (Å²) in [5, 5.41) is 4.03. The Bertz CT molecular complexity index is 1360. The number of amides is 1. The van der Waals surface area contributed by atoms with E-state index in [2.05, 4.69) is 10.1 Å². The number of thiophene rings is 1. The molecule has 2 aromatic heterocycles. The molecule has 0 radical (unpaired) electrons. The lowest BCUT2D eigenvalue weighted by Gasteiger charge is -2.23. The fourth-order valence-corrected chi connectivity index (χ4v) is 5.78. The van der Waals surface area contributed by atoms with Crippen molar-refractivity contribution >= 4 is 34.6 Å². The molecule has 0 spiro atoms. The standard InChI is InChI=1S/C27H24ClFN4O3S/c28-26-10-9-23(37-26)11-19-12-24(33(14-19)27(35)15-32-17-30-16-31-32)25(34)13-18-1-5-21(6-2-18)36-22-7-3-20(29)4-8-22/h1-10,16-17,19,24H,11-15H2/t19-,24+/m1/s1. The van der Waals surface area contributed by atoms with Gasteiger partial charge >= 0.3 is 0 Å². The molecule has 0 bridgehead atoms. The van der Waals surface area contributed by atoms with Gasteiger partial charge in [-0.15, -0.1) is 11.3 Å². The summed E-state index contributed by atoms with van der Waals surface area (Å²) < 4.78 is 21.0. The fourth-order valence-electron chi connectivity index (χ4n) is 4.57. The molecule has 1 amide bonds. The van der Waals surface area contributed by atoms with Crippen LogP contribution in [0.2, 0.25) is 4.34 Å². The maximum absolute atomic E-state index is 13.4. The second kappa shape index (κ2) is 11.2. The quantitative estimate of drug-likeness (QED) is 0.293. The summed E-state index contributed by atoms with van der Waals surface area (Å²) in [5.41, 5.74) is 0.827. The van der Waals surface area contributed by atoms with Crippen LogP contribution in [0.4, 0.5) is 4.39 Å². The molecule has 5 rings (SSSR count). The van der Waals surface area contributed by atoms with Gasteiger partial charge in [0, 0.05) is 17.8 Å². The van der Waals surface area contributed by atoms with Crippen LogP contribution in [0.15, 0.2) is 73.3 Å². The number of aromatic nitrogens is 3. The van der Waals surface area contributed by atoms with Crippen molar-refractivity contribution in [3.8, 4) is 11.5 Å². The minimum atomic E-state index is -0.508. The van der Waals surface area contributed by atoms with E-state index in [4.69, 9.17) is 16.3 Å². The van der Waals surface area contributed by atoms with Crippen molar-refractivity contribution in [2.75, 3.05) is 6.54 Å². The van der Waals surface area contributed by atoms with Crippen LogP contribution in [0.3, 0.4) is 0 Å². The van der Waals surface area contributed by atoms with Crippen molar-refractivity contribution in [2.45, 2.75) is 31.8 Å². The lowest BCUT2D eigenvalue weighted by atomic mass is 9.96. The number of nitrogens with zero attached hydrogens (tertiary/aromatic N) is 4. The highest BCUT2D eigenvalue weighted by molar-refractivity contribution is 7.16. The first kappa shape index (κ1) is 25.1. The second-order valence-electron chi connectivity index (χ2n) is 9.01. The molecule has 2 atom stereocenters. The summed E-state index contributed by atoms with van der Waals surface area (Å²) in [6.07, 6.45) is 4.44.